The Bertz CT molecular complexity index is 1550. The van der Waals surface area contributed by atoms with Crippen molar-refractivity contribution >= 4 is 50.8 Å². The maximum atomic E-state index is 12.6. The lowest BCUT2D eigenvalue weighted by Crippen LogP contribution is -2.34. The lowest BCUT2D eigenvalue weighted by Gasteiger charge is -2.11. The van der Waals surface area contributed by atoms with Gasteiger partial charge in [-0.25, -0.2) is 4.98 Å². The Morgan fingerprint density at radius 3 is 2.58 bits per heavy atom. The van der Waals surface area contributed by atoms with Gasteiger partial charge in [-0.3, -0.25) is 10.1 Å². The van der Waals surface area contributed by atoms with Gasteiger partial charge in [0.15, 0.2) is 10.7 Å². The van der Waals surface area contributed by atoms with Crippen molar-refractivity contribution in [1.29, 1.82) is 0 Å². The van der Waals surface area contributed by atoms with Crippen molar-refractivity contribution in [3.63, 3.8) is 0 Å². The molecule has 5 rings (SSSR count). The average molecular weight is 496 g/mol. The molecule has 0 unspecified atom stereocenters. The van der Waals surface area contributed by atoms with Gasteiger partial charge < -0.3 is 14.5 Å². The van der Waals surface area contributed by atoms with Crippen LogP contribution < -0.4 is 15.4 Å². The molecule has 180 valence electrons. The van der Waals surface area contributed by atoms with Gasteiger partial charge in [-0.05, 0) is 77.4 Å². The third-order valence-electron chi connectivity index (χ3n) is 5.59. The first-order valence-electron chi connectivity index (χ1n) is 11.7. The van der Waals surface area contributed by atoms with Crippen LogP contribution >= 0.6 is 12.2 Å². The third kappa shape index (κ3) is 5.21. The van der Waals surface area contributed by atoms with Crippen molar-refractivity contribution in [1.82, 2.24) is 10.3 Å². The number of aromatic nitrogens is 1. The number of thiocarbonyl (C=S) groups is 1. The van der Waals surface area contributed by atoms with Gasteiger partial charge in [0.1, 0.15) is 11.3 Å². The van der Waals surface area contributed by atoms with Crippen LogP contribution in [0.5, 0.6) is 5.75 Å². The SMILES string of the molecule is CC(C)COc1ccc(C(=O)NC(=S)Nc2ccc3oc(-c4cccc5ccccc45)nc3c2)cc1. The molecule has 0 atom stereocenters. The fraction of sp³-hybridized carbons (Fsp3) is 0.138. The molecular formula is C29H25N3O3S. The molecule has 0 fully saturated rings. The summed E-state index contributed by atoms with van der Waals surface area (Å²) in [5.74, 6) is 1.40. The molecule has 5 aromatic rings. The van der Waals surface area contributed by atoms with E-state index in [4.69, 9.17) is 26.4 Å². The van der Waals surface area contributed by atoms with E-state index in [-0.39, 0.29) is 11.0 Å². The minimum atomic E-state index is -0.302. The highest BCUT2D eigenvalue weighted by atomic mass is 32.1. The Labute approximate surface area is 214 Å². The second-order valence-corrected chi connectivity index (χ2v) is 9.27. The number of amides is 1. The molecule has 2 N–H and O–H groups in total. The third-order valence-corrected chi connectivity index (χ3v) is 5.80. The molecule has 0 radical (unpaired) electrons. The Kier molecular flexibility index (Phi) is 6.64. The number of benzene rings is 4. The van der Waals surface area contributed by atoms with Crippen LogP contribution in [0.4, 0.5) is 5.69 Å². The van der Waals surface area contributed by atoms with E-state index in [1.54, 1.807) is 24.3 Å². The van der Waals surface area contributed by atoms with Gasteiger partial charge in [0, 0.05) is 16.8 Å². The van der Waals surface area contributed by atoms with Crippen molar-refractivity contribution in [3.05, 3.63) is 90.5 Å². The first-order valence-corrected chi connectivity index (χ1v) is 12.1. The Balaban J connectivity index is 1.27. The summed E-state index contributed by atoms with van der Waals surface area (Å²) in [4.78, 5) is 17.3. The molecule has 36 heavy (non-hydrogen) atoms. The van der Waals surface area contributed by atoms with Crippen molar-refractivity contribution in [3.8, 4) is 17.2 Å². The number of anilines is 1. The summed E-state index contributed by atoms with van der Waals surface area (Å²) >= 11 is 5.35. The highest BCUT2D eigenvalue weighted by Gasteiger charge is 2.13. The standard InChI is InChI=1S/C29H25N3O3S/c1-18(2)17-34-22-13-10-20(11-14-22)27(33)32-29(36)30-21-12-15-26-25(16-21)31-28(35-26)24-9-5-7-19-6-3-4-8-23(19)24/h3-16,18H,17H2,1-2H3,(H2,30,32,33,36). The zero-order valence-electron chi connectivity index (χ0n) is 19.9. The molecule has 0 saturated heterocycles. The summed E-state index contributed by atoms with van der Waals surface area (Å²) in [5.41, 5.74) is 3.47. The monoisotopic (exact) mass is 495 g/mol. The van der Waals surface area contributed by atoms with E-state index in [1.165, 1.54) is 0 Å². The van der Waals surface area contributed by atoms with E-state index < -0.39 is 0 Å². The van der Waals surface area contributed by atoms with E-state index in [0.29, 0.717) is 40.8 Å². The maximum absolute atomic E-state index is 12.6. The van der Waals surface area contributed by atoms with Crippen molar-refractivity contribution in [2.45, 2.75) is 13.8 Å². The molecule has 0 aliphatic carbocycles. The normalized spacial score (nSPS) is 11.1. The minimum Gasteiger partial charge on any atom is -0.493 e. The van der Waals surface area contributed by atoms with Gasteiger partial charge >= 0.3 is 0 Å². The van der Waals surface area contributed by atoms with Crippen LogP contribution in [0.1, 0.15) is 24.2 Å². The lowest BCUT2D eigenvalue weighted by molar-refractivity contribution is 0.0977. The van der Waals surface area contributed by atoms with Crippen LogP contribution in [0.3, 0.4) is 0 Å². The number of ether oxygens (including phenoxy) is 1. The number of carbonyl (C=O) groups excluding carboxylic acids is 1. The summed E-state index contributed by atoms with van der Waals surface area (Å²) < 4.78 is 11.7. The number of nitrogens with one attached hydrogen (secondary N) is 2. The molecular weight excluding hydrogens is 470 g/mol. The van der Waals surface area contributed by atoms with E-state index >= 15 is 0 Å². The van der Waals surface area contributed by atoms with E-state index in [2.05, 4.69) is 42.7 Å². The average Bonchev–Trinajstić information content (AvgIpc) is 3.30. The number of hydrogen-bond donors (Lipinski definition) is 2. The van der Waals surface area contributed by atoms with Gasteiger partial charge in [0.2, 0.25) is 5.89 Å². The summed E-state index contributed by atoms with van der Waals surface area (Å²) in [6.07, 6.45) is 0. The predicted octanol–water partition coefficient (Wildman–Crippen LogP) is 6.81. The van der Waals surface area contributed by atoms with Crippen molar-refractivity contribution in [2.75, 3.05) is 11.9 Å². The fourth-order valence-electron chi connectivity index (χ4n) is 3.84. The molecule has 7 heteroatoms. The molecule has 0 aliphatic rings. The Hall–Kier alpha value is -4.23. The van der Waals surface area contributed by atoms with E-state index in [1.807, 2.05) is 42.5 Å². The summed E-state index contributed by atoms with van der Waals surface area (Å²) in [6.45, 7) is 4.79. The van der Waals surface area contributed by atoms with E-state index in [9.17, 15) is 4.79 Å². The molecule has 0 aliphatic heterocycles. The highest BCUT2D eigenvalue weighted by molar-refractivity contribution is 7.80. The van der Waals surface area contributed by atoms with Crippen LogP contribution in [0.2, 0.25) is 0 Å². The smallest absolute Gasteiger partial charge is 0.257 e. The molecule has 1 amide bonds. The Morgan fingerprint density at radius 2 is 1.78 bits per heavy atom. The second-order valence-electron chi connectivity index (χ2n) is 8.87. The molecule has 6 nitrogen and oxygen atoms in total. The highest BCUT2D eigenvalue weighted by Crippen LogP contribution is 2.31. The first kappa shape index (κ1) is 23.5. The van der Waals surface area contributed by atoms with Gasteiger partial charge in [-0.1, -0.05) is 50.2 Å². The van der Waals surface area contributed by atoms with Crippen LogP contribution in [-0.2, 0) is 0 Å². The van der Waals surface area contributed by atoms with Crippen LogP contribution in [0, 0.1) is 5.92 Å². The molecule has 0 saturated carbocycles. The number of oxazole rings is 1. The maximum Gasteiger partial charge on any atom is 0.257 e. The number of carbonyl (C=O) groups is 1. The number of rotatable bonds is 6. The summed E-state index contributed by atoms with van der Waals surface area (Å²) in [7, 11) is 0. The second kappa shape index (κ2) is 10.2. The lowest BCUT2D eigenvalue weighted by atomic mass is 10.0. The molecule has 1 heterocycles. The Morgan fingerprint density at radius 1 is 1.00 bits per heavy atom. The molecule has 4 aromatic carbocycles. The van der Waals surface area contributed by atoms with Crippen LogP contribution in [0.15, 0.2) is 89.3 Å². The minimum absolute atomic E-state index is 0.192. The van der Waals surface area contributed by atoms with Crippen LogP contribution in [-0.4, -0.2) is 22.6 Å². The van der Waals surface area contributed by atoms with Gasteiger partial charge in [-0.2, -0.15) is 0 Å². The largest absolute Gasteiger partial charge is 0.493 e. The van der Waals surface area contributed by atoms with Crippen molar-refractivity contribution in [2.24, 2.45) is 5.92 Å². The van der Waals surface area contributed by atoms with Crippen molar-refractivity contribution < 1.29 is 13.9 Å². The first-order chi connectivity index (χ1) is 17.5. The van der Waals surface area contributed by atoms with Gasteiger partial charge in [0.05, 0.1) is 6.61 Å². The van der Waals surface area contributed by atoms with Gasteiger partial charge in [-0.15, -0.1) is 0 Å². The molecule has 1 aromatic heterocycles. The van der Waals surface area contributed by atoms with Gasteiger partial charge in [0.25, 0.3) is 5.91 Å². The fourth-order valence-corrected chi connectivity index (χ4v) is 4.05. The topological polar surface area (TPSA) is 76.4 Å². The molecule has 0 spiro atoms. The number of fused-ring (bicyclic) bond motifs is 2. The van der Waals surface area contributed by atoms with E-state index in [0.717, 1.165) is 22.1 Å². The summed E-state index contributed by atoms with van der Waals surface area (Å²) in [5, 5.41) is 8.15. The zero-order valence-corrected chi connectivity index (χ0v) is 20.8. The predicted molar refractivity (Wildman–Crippen MR) is 147 cm³/mol. The summed E-state index contributed by atoms with van der Waals surface area (Å²) in [6, 6.07) is 26.7. The zero-order chi connectivity index (χ0) is 25.1. The number of nitrogens with zero attached hydrogens (tertiary/aromatic N) is 1. The number of hydrogen-bond acceptors (Lipinski definition) is 5. The quantitative estimate of drug-likeness (QED) is 0.252. The van der Waals surface area contributed by atoms with Crippen LogP contribution in [0.25, 0.3) is 33.3 Å². The molecule has 0 bridgehead atoms.